The van der Waals surface area contributed by atoms with Crippen molar-refractivity contribution >= 4 is 42.9 Å². The Morgan fingerprint density at radius 3 is 2.46 bits per heavy atom. The average Bonchev–Trinajstić information content (AvgIpc) is 2.45. The molecule has 0 heterocycles. The van der Waals surface area contributed by atoms with Gasteiger partial charge in [0.25, 0.3) is 0 Å². The molecule has 1 unspecified atom stereocenters. The number of nitrogens with zero attached hydrogens (tertiary/aromatic N) is 1. The molecule has 1 aliphatic rings. The Bertz CT molecular complexity index is 855. The Morgan fingerprint density at radius 1 is 1.29 bits per heavy atom. The van der Waals surface area contributed by atoms with Crippen molar-refractivity contribution in [3.63, 3.8) is 0 Å². The van der Waals surface area contributed by atoms with E-state index in [0.29, 0.717) is 15.7 Å². The first-order valence-corrected chi connectivity index (χ1v) is 9.13. The van der Waals surface area contributed by atoms with Crippen LogP contribution in [0.1, 0.15) is 20.8 Å². The summed E-state index contributed by atoms with van der Waals surface area (Å²) in [6.07, 6.45) is 3.79. The molecule has 1 N–H and O–H groups in total. The van der Waals surface area contributed by atoms with Crippen LogP contribution in [0.5, 0.6) is 0 Å². The van der Waals surface area contributed by atoms with Crippen LogP contribution in [0.3, 0.4) is 0 Å². The van der Waals surface area contributed by atoms with E-state index in [2.05, 4.69) is 15.9 Å². The number of halogens is 1. The molecule has 0 fully saturated rings. The number of anilines is 1. The summed E-state index contributed by atoms with van der Waals surface area (Å²) >= 11 is 3.31. The number of carboxylic acid groups (broad SMARTS) is 1. The molecule has 2 rings (SSSR count). The van der Waals surface area contributed by atoms with Gasteiger partial charge in [0.1, 0.15) is 4.86 Å². The van der Waals surface area contributed by atoms with E-state index in [-0.39, 0.29) is 4.86 Å². The molecular weight excluding hydrogens is 394 g/mol. The van der Waals surface area contributed by atoms with Gasteiger partial charge in [0.15, 0.2) is 0 Å². The second kappa shape index (κ2) is 6.94. The first kappa shape index (κ1) is 18.5. The normalized spacial score (nSPS) is 17.4. The topological polar surface area (TPSA) is 74.7 Å². The zero-order valence-electron chi connectivity index (χ0n) is 13.5. The summed E-state index contributed by atoms with van der Waals surface area (Å²) in [6.45, 7) is 5.68. The van der Waals surface area contributed by atoms with Crippen molar-refractivity contribution in [3.05, 3.63) is 52.5 Å². The first-order chi connectivity index (χ1) is 11.1. The van der Waals surface area contributed by atoms with Crippen LogP contribution in [0.25, 0.3) is 0 Å². The van der Waals surface area contributed by atoms with Crippen LogP contribution in [0, 0.1) is 5.41 Å². The van der Waals surface area contributed by atoms with E-state index in [1.807, 2.05) is 20.8 Å². The van der Waals surface area contributed by atoms with Crippen LogP contribution in [0.2, 0.25) is 0 Å². The van der Waals surface area contributed by atoms with Crippen molar-refractivity contribution in [2.24, 2.45) is 5.41 Å². The van der Waals surface area contributed by atoms with Gasteiger partial charge in [0.2, 0.25) is 10.3 Å². The van der Waals surface area contributed by atoms with Gasteiger partial charge in [0, 0.05) is 10.2 Å². The highest BCUT2D eigenvalue weighted by Crippen LogP contribution is 2.33. The third-order valence-corrected chi connectivity index (χ3v) is 4.96. The Morgan fingerprint density at radius 2 is 1.96 bits per heavy atom. The lowest BCUT2D eigenvalue weighted by Gasteiger charge is -2.34. The molecule has 1 amide bonds. The van der Waals surface area contributed by atoms with E-state index >= 15 is 0 Å². The number of benzene rings is 1. The van der Waals surface area contributed by atoms with Crippen LogP contribution in [-0.4, -0.2) is 30.5 Å². The summed E-state index contributed by atoms with van der Waals surface area (Å²) in [5, 5.41) is 9.70. The molecule has 1 aromatic rings. The molecule has 0 aromatic heterocycles. The van der Waals surface area contributed by atoms with Crippen LogP contribution in [0.15, 0.2) is 52.5 Å². The van der Waals surface area contributed by atoms with Crippen molar-refractivity contribution in [1.82, 2.24) is 0 Å². The lowest BCUT2D eigenvalue weighted by Crippen LogP contribution is -2.46. The highest BCUT2D eigenvalue weighted by atomic mass is 79.9. The zero-order chi connectivity index (χ0) is 18.1. The van der Waals surface area contributed by atoms with Gasteiger partial charge in [-0.3, -0.25) is 4.90 Å². The van der Waals surface area contributed by atoms with E-state index in [0.717, 1.165) is 4.90 Å². The summed E-state index contributed by atoms with van der Waals surface area (Å²) in [5.41, 5.74) is 0.564. The minimum atomic E-state index is -2.54. The minimum Gasteiger partial charge on any atom is -0.465 e. The van der Waals surface area contributed by atoms with Crippen molar-refractivity contribution < 1.29 is 18.3 Å². The second-order valence-corrected chi connectivity index (χ2v) is 8.22. The standard InChI is InChI=1S/C17H18BrNO4S/c1-17(2,3)13-8-5-9-14(15(13)24(22)23)19(16(20)21)12-7-4-6-11(18)10-12/h4-10,14H,1-3H3,(H,20,21). The van der Waals surface area contributed by atoms with E-state index < -0.39 is 27.8 Å². The van der Waals surface area contributed by atoms with E-state index in [1.54, 1.807) is 42.5 Å². The SMILES string of the molecule is CC(C)(C)C1=CC=CC(N(C(=O)O)c2cccc(Br)c2)C1=S(=O)=O. The third kappa shape index (κ3) is 3.79. The average molecular weight is 412 g/mol. The molecule has 5 nitrogen and oxygen atoms in total. The minimum absolute atomic E-state index is 0.0763. The maximum atomic E-state index is 11.9. The number of allylic oxidation sites excluding steroid dienone is 2. The molecule has 7 heteroatoms. The lowest BCUT2D eigenvalue weighted by molar-refractivity contribution is 0.201. The number of hydrogen-bond acceptors (Lipinski definition) is 3. The van der Waals surface area contributed by atoms with Gasteiger partial charge < -0.3 is 5.11 Å². The molecule has 0 saturated carbocycles. The van der Waals surface area contributed by atoms with Gasteiger partial charge in [0.05, 0.1) is 6.04 Å². The number of rotatable bonds is 2. The highest BCUT2D eigenvalue weighted by Gasteiger charge is 2.35. The number of hydrogen-bond donors (Lipinski definition) is 1. The fourth-order valence-corrected chi connectivity index (χ4v) is 3.94. The maximum absolute atomic E-state index is 11.9. The van der Waals surface area contributed by atoms with E-state index in [9.17, 15) is 18.3 Å². The maximum Gasteiger partial charge on any atom is 0.412 e. The fraction of sp³-hybridized carbons (Fsp3) is 0.294. The monoisotopic (exact) mass is 411 g/mol. The van der Waals surface area contributed by atoms with E-state index in [1.165, 1.54) is 0 Å². The van der Waals surface area contributed by atoms with Crippen LogP contribution >= 0.6 is 15.9 Å². The largest absolute Gasteiger partial charge is 0.465 e. The predicted molar refractivity (Wildman–Crippen MR) is 99.0 cm³/mol. The number of amides is 1. The Kier molecular flexibility index (Phi) is 5.35. The van der Waals surface area contributed by atoms with Gasteiger partial charge in [-0.2, -0.15) is 8.42 Å². The zero-order valence-corrected chi connectivity index (χ0v) is 15.9. The second-order valence-electron chi connectivity index (χ2n) is 6.39. The Hall–Kier alpha value is -1.86. The quantitative estimate of drug-likeness (QED) is 0.748. The molecule has 1 aromatic carbocycles. The molecule has 128 valence electrons. The summed E-state index contributed by atoms with van der Waals surface area (Å²) in [5.74, 6) is 0. The molecule has 24 heavy (non-hydrogen) atoms. The Labute approximate surface area is 151 Å². The van der Waals surface area contributed by atoms with Crippen molar-refractivity contribution in [2.45, 2.75) is 26.8 Å². The van der Waals surface area contributed by atoms with Gasteiger partial charge >= 0.3 is 6.09 Å². The molecule has 0 radical (unpaired) electrons. The first-order valence-electron chi connectivity index (χ1n) is 7.26. The third-order valence-electron chi connectivity index (χ3n) is 3.65. The van der Waals surface area contributed by atoms with Crippen molar-refractivity contribution in [1.29, 1.82) is 0 Å². The molecular formula is C17H18BrNO4S. The highest BCUT2D eigenvalue weighted by molar-refractivity contribution is 9.10. The predicted octanol–water partition coefficient (Wildman–Crippen LogP) is 3.90. The van der Waals surface area contributed by atoms with E-state index in [4.69, 9.17) is 0 Å². The summed E-state index contributed by atoms with van der Waals surface area (Å²) in [6, 6.07) is 5.84. The number of carbonyl (C=O) groups is 1. The van der Waals surface area contributed by atoms with Gasteiger partial charge in [-0.25, -0.2) is 4.79 Å². The fourth-order valence-electron chi connectivity index (χ4n) is 2.61. The Balaban J connectivity index is 2.64. The molecule has 0 aliphatic heterocycles. The molecule has 0 bridgehead atoms. The molecule has 1 atom stereocenters. The molecule has 0 saturated heterocycles. The van der Waals surface area contributed by atoms with Crippen molar-refractivity contribution in [2.75, 3.05) is 4.90 Å². The molecule has 1 aliphatic carbocycles. The van der Waals surface area contributed by atoms with Crippen molar-refractivity contribution in [3.8, 4) is 0 Å². The summed E-state index contributed by atoms with van der Waals surface area (Å²) < 4.78 is 24.5. The lowest BCUT2D eigenvalue weighted by atomic mass is 9.80. The van der Waals surface area contributed by atoms with Gasteiger partial charge in [-0.1, -0.05) is 61.0 Å². The van der Waals surface area contributed by atoms with Crippen LogP contribution < -0.4 is 4.90 Å². The smallest absolute Gasteiger partial charge is 0.412 e. The van der Waals surface area contributed by atoms with Crippen LogP contribution in [-0.2, 0) is 10.3 Å². The van der Waals surface area contributed by atoms with Gasteiger partial charge in [-0.05, 0) is 29.2 Å². The van der Waals surface area contributed by atoms with Gasteiger partial charge in [-0.15, -0.1) is 0 Å². The molecule has 0 spiro atoms. The summed E-state index contributed by atoms with van der Waals surface area (Å²) in [4.78, 5) is 13.0. The summed E-state index contributed by atoms with van der Waals surface area (Å²) in [7, 11) is -2.54. The van der Waals surface area contributed by atoms with Crippen LogP contribution in [0.4, 0.5) is 10.5 Å².